The van der Waals surface area contributed by atoms with Gasteiger partial charge in [-0.05, 0) is 24.6 Å². The number of benzene rings is 1. The van der Waals surface area contributed by atoms with E-state index in [1.165, 1.54) is 0 Å². The lowest BCUT2D eigenvalue weighted by Gasteiger charge is -2.11. The quantitative estimate of drug-likeness (QED) is 0.906. The maximum Gasteiger partial charge on any atom is 0.258 e. The van der Waals surface area contributed by atoms with Gasteiger partial charge < -0.3 is 9.84 Å². The normalized spacial score (nSPS) is 12.2. The van der Waals surface area contributed by atoms with Gasteiger partial charge in [0.2, 0.25) is 5.91 Å². The number of hydrogen-bond acceptors (Lipinski definition) is 4. The summed E-state index contributed by atoms with van der Waals surface area (Å²) in [6, 6.07) is 7.42. The highest BCUT2D eigenvalue weighted by Crippen LogP contribution is 2.23. The van der Waals surface area contributed by atoms with Crippen molar-refractivity contribution >= 4 is 21.8 Å². The van der Waals surface area contributed by atoms with Crippen molar-refractivity contribution in [1.29, 1.82) is 0 Å². The first-order valence-electron chi connectivity index (χ1n) is 6.53. The summed E-state index contributed by atoms with van der Waals surface area (Å²) in [6.45, 7) is 3.78. The lowest BCUT2D eigenvalue weighted by Crippen LogP contribution is -2.28. The number of carbonyl (C=O) groups is 1. The number of aromatic nitrogens is 2. The van der Waals surface area contributed by atoms with Gasteiger partial charge in [-0.2, -0.15) is 4.98 Å². The largest absolute Gasteiger partial charge is 0.346 e. The molecule has 5 nitrogen and oxygen atoms in total. The first-order valence-corrected chi connectivity index (χ1v) is 7.32. The summed E-state index contributed by atoms with van der Waals surface area (Å²) >= 11 is 3.40. The van der Waals surface area contributed by atoms with E-state index in [2.05, 4.69) is 31.4 Å². The van der Waals surface area contributed by atoms with Crippen molar-refractivity contribution < 1.29 is 9.32 Å². The van der Waals surface area contributed by atoms with Crippen LogP contribution in [-0.4, -0.2) is 16.0 Å². The van der Waals surface area contributed by atoms with Gasteiger partial charge in [-0.1, -0.05) is 41.0 Å². The molecule has 1 atom stereocenters. The van der Waals surface area contributed by atoms with E-state index < -0.39 is 0 Å². The van der Waals surface area contributed by atoms with E-state index in [0.29, 0.717) is 24.6 Å². The predicted octanol–water partition coefficient (Wildman–Crippen LogP) is 3.48. The highest BCUT2D eigenvalue weighted by Gasteiger charge is 2.18. The summed E-state index contributed by atoms with van der Waals surface area (Å²) in [5, 5.41) is 6.84. The number of halogens is 1. The molecule has 1 N–H and O–H groups in total. The molecule has 1 heterocycles. The second kappa shape index (κ2) is 6.65. The molecular formula is C14H16BrN3O2. The number of nitrogens with one attached hydrogen (secondary N) is 1. The molecule has 0 aliphatic heterocycles. The smallest absolute Gasteiger partial charge is 0.258 e. The fourth-order valence-electron chi connectivity index (χ4n) is 1.76. The van der Waals surface area contributed by atoms with Gasteiger partial charge in [-0.15, -0.1) is 0 Å². The molecule has 1 aromatic heterocycles. The molecule has 1 amide bonds. The molecule has 6 heteroatoms. The average Bonchev–Trinajstić information content (AvgIpc) is 2.94. The Bertz CT molecular complexity index is 598. The Kier molecular flexibility index (Phi) is 4.89. The van der Waals surface area contributed by atoms with Crippen LogP contribution in [0.25, 0.3) is 11.5 Å². The van der Waals surface area contributed by atoms with Crippen molar-refractivity contribution in [2.24, 2.45) is 0 Å². The second-order valence-electron chi connectivity index (χ2n) is 4.35. The molecule has 2 aromatic rings. The Morgan fingerprint density at radius 2 is 2.25 bits per heavy atom. The second-order valence-corrected chi connectivity index (χ2v) is 5.27. The minimum atomic E-state index is -0.216. The van der Waals surface area contributed by atoms with Gasteiger partial charge in [0.1, 0.15) is 0 Å². The number of amides is 1. The summed E-state index contributed by atoms with van der Waals surface area (Å²) in [4.78, 5) is 15.8. The summed E-state index contributed by atoms with van der Waals surface area (Å²) in [5.41, 5.74) is 0.842. The van der Waals surface area contributed by atoms with Crippen molar-refractivity contribution in [2.75, 3.05) is 0 Å². The zero-order chi connectivity index (χ0) is 14.5. The number of nitrogens with zero attached hydrogens (tertiary/aromatic N) is 2. The monoisotopic (exact) mass is 337 g/mol. The van der Waals surface area contributed by atoms with E-state index in [4.69, 9.17) is 4.52 Å². The van der Waals surface area contributed by atoms with E-state index in [-0.39, 0.29) is 11.9 Å². The van der Waals surface area contributed by atoms with Gasteiger partial charge in [0.25, 0.3) is 5.89 Å². The fourth-order valence-corrected chi connectivity index (χ4v) is 2.16. The SMILES string of the molecule is CCC(=O)N[C@H](CC)c1noc(-c2cccc(Br)c2)n1. The molecule has 1 aromatic carbocycles. The van der Waals surface area contributed by atoms with E-state index in [9.17, 15) is 4.79 Å². The number of rotatable bonds is 5. The van der Waals surface area contributed by atoms with Crippen LogP contribution in [0.5, 0.6) is 0 Å². The van der Waals surface area contributed by atoms with Crippen LogP contribution in [0.4, 0.5) is 0 Å². The lowest BCUT2D eigenvalue weighted by atomic mass is 10.2. The van der Waals surface area contributed by atoms with Crippen molar-refractivity contribution in [3.05, 3.63) is 34.6 Å². The number of carbonyl (C=O) groups excluding carboxylic acids is 1. The molecule has 20 heavy (non-hydrogen) atoms. The van der Waals surface area contributed by atoms with Crippen molar-refractivity contribution in [2.45, 2.75) is 32.7 Å². The molecule has 106 valence electrons. The topological polar surface area (TPSA) is 68.0 Å². The molecule has 0 saturated carbocycles. The number of hydrogen-bond donors (Lipinski definition) is 1. The summed E-state index contributed by atoms with van der Waals surface area (Å²) < 4.78 is 6.22. The molecule has 2 rings (SSSR count). The predicted molar refractivity (Wildman–Crippen MR) is 78.9 cm³/mol. The van der Waals surface area contributed by atoms with Crippen LogP contribution in [0.3, 0.4) is 0 Å². The van der Waals surface area contributed by atoms with Gasteiger partial charge in [-0.3, -0.25) is 4.79 Å². The van der Waals surface area contributed by atoms with Crippen molar-refractivity contribution in [1.82, 2.24) is 15.5 Å². The van der Waals surface area contributed by atoms with E-state index in [1.807, 2.05) is 38.1 Å². The third-order valence-electron chi connectivity index (χ3n) is 2.89. The molecule has 0 aliphatic carbocycles. The molecule has 0 bridgehead atoms. The van der Waals surface area contributed by atoms with Crippen molar-refractivity contribution in [3.8, 4) is 11.5 Å². The summed E-state index contributed by atoms with van der Waals surface area (Å²) in [5.74, 6) is 0.931. The average molecular weight is 338 g/mol. The van der Waals surface area contributed by atoms with Gasteiger partial charge >= 0.3 is 0 Å². The maximum absolute atomic E-state index is 11.5. The third kappa shape index (κ3) is 3.45. The summed E-state index contributed by atoms with van der Waals surface area (Å²) in [6.07, 6.45) is 1.15. The van der Waals surface area contributed by atoms with Crippen LogP contribution in [0, 0.1) is 0 Å². The Balaban J connectivity index is 2.21. The van der Waals surface area contributed by atoms with Crippen LogP contribution in [0.15, 0.2) is 33.3 Å². The molecule has 0 aliphatic rings. The summed E-state index contributed by atoms with van der Waals surface area (Å²) in [7, 11) is 0. The standard InChI is InChI=1S/C14H16BrN3O2/c1-3-11(16-12(19)4-2)13-17-14(20-18-13)9-6-5-7-10(15)8-9/h5-8,11H,3-4H2,1-2H3,(H,16,19)/t11-/m1/s1. The van der Waals surface area contributed by atoms with Crippen LogP contribution >= 0.6 is 15.9 Å². The molecule has 0 fully saturated rings. The highest BCUT2D eigenvalue weighted by molar-refractivity contribution is 9.10. The maximum atomic E-state index is 11.5. The Labute approximate surface area is 125 Å². The van der Waals surface area contributed by atoms with Crippen LogP contribution < -0.4 is 5.32 Å². The molecular weight excluding hydrogens is 322 g/mol. The van der Waals surface area contributed by atoms with Gasteiger partial charge in [0, 0.05) is 16.5 Å². The fraction of sp³-hybridized carbons (Fsp3) is 0.357. The van der Waals surface area contributed by atoms with Gasteiger partial charge in [0.05, 0.1) is 6.04 Å². The Hall–Kier alpha value is -1.69. The lowest BCUT2D eigenvalue weighted by molar-refractivity contribution is -0.121. The first-order chi connectivity index (χ1) is 9.63. The van der Waals surface area contributed by atoms with E-state index >= 15 is 0 Å². The minimum Gasteiger partial charge on any atom is -0.346 e. The first kappa shape index (κ1) is 14.7. The van der Waals surface area contributed by atoms with Crippen LogP contribution in [0.1, 0.15) is 38.6 Å². The highest BCUT2D eigenvalue weighted by atomic mass is 79.9. The molecule has 0 spiro atoms. The van der Waals surface area contributed by atoms with Crippen LogP contribution in [0.2, 0.25) is 0 Å². The zero-order valence-electron chi connectivity index (χ0n) is 11.4. The van der Waals surface area contributed by atoms with E-state index in [0.717, 1.165) is 10.0 Å². The Morgan fingerprint density at radius 3 is 2.90 bits per heavy atom. The molecule has 0 saturated heterocycles. The molecule has 0 unspecified atom stereocenters. The Morgan fingerprint density at radius 1 is 1.45 bits per heavy atom. The molecule has 0 radical (unpaired) electrons. The van der Waals surface area contributed by atoms with Crippen molar-refractivity contribution in [3.63, 3.8) is 0 Å². The van der Waals surface area contributed by atoms with E-state index in [1.54, 1.807) is 0 Å². The van der Waals surface area contributed by atoms with Gasteiger partial charge in [0.15, 0.2) is 5.82 Å². The van der Waals surface area contributed by atoms with Gasteiger partial charge in [-0.25, -0.2) is 0 Å². The third-order valence-corrected chi connectivity index (χ3v) is 3.38. The van der Waals surface area contributed by atoms with Crippen LogP contribution in [-0.2, 0) is 4.79 Å². The zero-order valence-corrected chi connectivity index (χ0v) is 13.0. The minimum absolute atomic E-state index is 0.0225.